The summed E-state index contributed by atoms with van der Waals surface area (Å²) in [5.74, 6) is 0.0653. The van der Waals surface area contributed by atoms with Crippen molar-refractivity contribution in [3.05, 3.63) is 93.8 Å². The Labute approximate surface area is 536 Å². The summed E-state index contributed by atoms with van der Waals surface area (Å²) in [6.07, 6.45) is 3.22. The van der Waals surface area contributed by atoms with Crippen molar-refractivity contribution in [3.63, 3.8) is 0 Å². The van der Waals surface area contributed by atoms with Crippen molar-refractivity contribution in [3.8, 4) is 0 Å². The molecule has 6 aliphatic rings. The van der Waals surface area contributed by atoms with Crippen molar-refractivity contribution in [2.24, 2.45) is 0 Å². The lowest BCUT2D eigenvalue weighted by molar-refractivity contribution is -0.261. The Balaban J connectivity index is 0.000000174. The lowest BCUT2D eigenvalue weighted by Gasteiger charge is -2.48. The number of H-pyrrole nitrogens is 1. The highest BCUT2D eigenvalue weighted by molar-refractivity contribution is 6.84. The van der Waals surface area contributed by atoms with Gasteiger partial charge in [-0.1, -0.05) is 129 Å². The summed E-state index contributed by atoms with van der Waals surface area (Å²) in [7, 11) is -7.60. The van der Waals surface area contributed by atoms with Crippen molar-refractivity contribution in [2.75, 3.05) is 38.8 Å². The molecule has 27 nitrogen and oxygen atoms in total. The number of anilines is 2. The minimum absolute atomic E-state index is 0.0832. The molecule has 10 atom stereocenters. The van der Waals surface area contributed by atoms with E-state index in [2.05, 4.69) is 146 Å². The van der Waals surface area contributed by atoms with Gasteiger partial charge in [0.05, 0.1) is 38.0 Å². The Morgan fingerprint density at radius 1 is 0.571 bits per heavy atom. The van der Waals surface area contributed by atoms with E-state index in [1.807, 2.05) is 23.7 Å². The van der Waals surface area contributed by atoms with Crippen LogP contribution in [0.4, 0.5) is 11.6 Å². The molecule has 5 N–H and O–H groups in total. The normalized spacial score (nSPS) is 27.8. The Bertz CT molecular complexity index is 3630. The number of carbonyl (C=O) groups excluding carboxylic acids is 1. The first kappa shape index (κ1) is 68.5. The maximum Gasteiger partial charge on any atom is 0.340 e. The van der Waals surface area contributed by atoms with Crippen LogP contribution in [0.3, 0.4) is 0 Å². The van der Waals surface area contributed by atoms with Crippen LogP contribution < -0.4 is 22.7 Å². The van der Waals surface area contributed by atoms with Gasteiger partial charge in [-0.25, -0.2) is 34.7 Å². The Kier molecular flexibility index (Phi) is 19.9. The summed E-state index contributed by atoms with van der Waals surface area (Å²) in [6.45, 7) is 37.4. The third kappa shape index (κ3) is 12.0. The number of ether oxygens (including phenoxy) is 2. The van der Waals surface area contributed by atoms with Gasteiger partial charge in [0.15, 0.2) is 47.6 Å². The summed E-state index contributed by atoms with van der Waals surface area (Å²) in [5, 5.41) is 3.63. The SMILES string of the molecule is CC(C)[Si]1(C(C)C)OCC2[C@@H]3O[C@@H](n4cnc5c(N)ncnc54)C(ON2C)[C@H]3O[Si](C(C)C)(C(C)C)O1.Cc1cn([C@@H]2O[C@H]3C4CO[Si](C(C)C)(C(C)C)O[Si](C(C)C)(C(C)C)O[C@@H]3C2ON4C)c(=O)n(C(=O)c2ccccc2)c1=O.Nc1ncnc2nc[nH]c12. The molecular weight excluding hydrogens is 1240 g/mol. The lowest BCUT2D eigenvalue weighted by atomic mass is 10.0. The molecule has 1 aromatic carbocycles. The first-order valence-corrected chi connectivity index (χ1v) is 39.8. The number of aromatic nitrogens is 10. The summed E-state index contributed by atoms with van der Waals surface area (Å²) < 4.78 is 60.7. The van der Waals surface area contributed by atoms with E-state index in [0.29, 0.717) is 51.7 Å². The van der Waals surface area contributed by atoms with Crippen LogP contribution in [0.2, 0.25) is 44.3 Å². The van der Waals surface area contributed by atoms with Crippen molar-refractivity contribution in [1.29, 1.82) is 0 Å². The fourth-order valence-corrected chi connectivity index (χ4v) is 36.5. The number of hydrogen-bond donors (Lipinski definition) is 3. The van der Waals surface area contributed by atoms with Crippen molar-refractivity contribution in [2.45, 2.75) is 223 Å². The molecule has 5 aromatic heterocycles. The summed E-state index contributed by atoms with van der Waals surface area (Å²) in [6, 6.07) is 7.79. The smallest absolute Gasteiger partial charge is 0.340 e. The van der Waals surface area contributed by atoms with Gasteiger partial charge in [-0.3, -0.25) is 28.4 Å². The van der Waals surface area contributed by atoms with Crippen LogP contribution in [-0.4, -0.2) is 175 Å². The predicted octanol–water partition coefficient (Wildman–Crippen LogP) is 8.29. The average Bonchev–Trinajstić information content (AvgIpc) is 1.60. The maximum atomic E-state index is 14.0. The van der Waals surface area contributed by atoms with Crippen LogP contribution in [0.1, 0.15) is 139 Å². The second-order valence-corrected chi connectivity index (χ2v) is 44.9. The zero-order chi connectivity index (χ0) is 66.1. The average molecular weight is 1330 g/mol. The zero-order valence-electron chi connectivity index (χ0n) is 56.0. The second-order valence-electron chi connectivity index (χ2n) is 27.2. The molecule has 0 spiro atoms. The molecule has 8 bridgehead atoms. The van der Waals surface area contributed by atoms with Crippen LogP contribution in [0.15, 0.2) is 71.4 Å². The van der Waals surface area contributed by atoms with Crippen LogP contribution in [-0.2, 0) is 45.1 Å². The highest BCUT2D eigenvalue weighted by Gasteiger charge is 2.67. The fraction of sp³-hybridized carbons (Fsp3) is 0.650. The van der Waals surface area contributed by atoms with Crippen molar-refractivity contribution in [1.82, 2.24) is 58.7 Å². The van der Waals surface area contributed by atoms with E-state index >= 15 is 0 Å². The number of aromatic amines is 1. The first-order valence-electron chi connectivity index (χ1n) is 31.9. The number of hydroxylamine groups is 4. The van der Waals surface area contributed by atoms with Crippen LogP contribution in [0, 0.1) is 6.92 Å². The van der Waals surface area contributed by atoms with Gasteiger partial charge < -0.3 is 51.9 Å². The molecule has 91 heavy (non-hydrogen) atoms. The van der Waals surface area contributed by atoms with Crippen molar-refractivity contribution >= 4 is 74.1 Å². The Morgan fingerprint density at radius 2 is 1.03 bits per heavy atom. The predicted molar refractivity (Wildman–Crippen MR) is 350 cm³/mol. The standard InChI is InChI=1S/C31H47N3O8Si2.C24H42N6O5Si2.C5H5N5/c1-18(2)43(19(3)4)38-17-24-25-26(41-44(42-43,20(5)6)21(7)8)27(40-32(24)10)30(39-25)33-16-22(9)28(35)34(31(33)37)29(36)23-14-12-11-13-15-23;1-13(2)36(14(3)4)31-10-17-19-20(34-37(35-36,15(5)6)16(7)8)21(33-29(17)9)24(32-19)30-12-28-18-22(25)26-11-27-23(18)30;6-4-3-5(9-1-7-3)10-2-8-4/h11-16,18-21,24-27,30H,17H2,1-10H3;11-17,19-21,24H,10H2,1-9H3,(H2,25,26,27);1-2H,(H3,6,7,8,9,10)/t24?,25-,26-,27?,30+;17?,19-,20-,21?,24+;/m00./s1. The van der Waals surface area contributed by atoms with E-state index in [1.54, 1.807) is 48.6 Å². The van der Waals surface area contributed by atoms with Gasteiger partial charge >= 0.3 is 39.9 Å². The monoisotopic (exact) mass is 1330 g/mol. The minimum Gasteiger partial charge on any atom is -0.414 e. The molecule has 0 saturated carbocycles. The summed E-state index contributed by atoms with van der Waals surface area (Å²) in [5.41, 5.74) is 14.4. The van der Waals surface area contributed by atoms with Gasteiger partial charge in [-0.05, 0) is 63.4 Å². The Hall–Kier alpha value is -5.34. The van der Waals surface area contributed by atoms with Gasteiger partial charge in [-0.15, -0.1) is 0 Å². The van der Waals surface area contributed by atoms with Crippen LogP contribution in [0.5, 0.6) is 0 Å². The Morgan fingerprint density at radius 3 is 1.51 bits per heavy atom. The largest absolute Gasteiger partial charge is 0.414 e. The molecule has 498 valence electrons. The number of nitrogens with zero attached hydrogens (tertiary/aromatic N) is 11. The number of hydrogen-bond acceptors (Lipinski definition) is 23. The van der Waals surface area contributed by atoms with E-state index < -0.39 is 88.3 Å². The molecule has 4 unspecified atom stereocenters. The molecule has 0 radical (unpaired) electrons. The molecule has 6 saturated heterocycles. The second kappa shape index (κ2) is 26.5. The number of nitrogen functional groups attached to an aromatic ring is 2. The van der Waals surface area contributed by atoms with Gasteiger partial charge in [-0.2, -0.15) is 14.7 Å². The number of rotatable bonds is 11. The van der Waals surface area contributed by atoms with Gasteiger partial charge in [0.2, 0.25) is 0 Å². The third-order valence-corrected chi connectivity index (χ3v) is 39.6. The third-order valence-electron chi connectivity index (χ3n) is 19.1. The number of aryl methyl sites for hydroxylation is 1. The first-order chi connectivity index (χ1) is 43.0. The van der Waals surface area contributed by atoms with E-state index in [-0.39, 0.29) is 79.7 Å². The number of nitrogens with one attached hydrogen (secondary N) is 1. The molecule has 6 aromatic rings. The van der Waals surface area contributed by atoms with Crippen LogP contribution in [0.25, 0.3) is 22.3 Å². The zero-order valence-corrected chi connectivity index (χ0v) is 60.0. The number of imidazole rings is 2. The minimum atomic E-state index is -3.03. The molecule has 11 heterocycles. The molecule has 31 heteroatoms. The fourth-order valence-electron chi connectivity index (χ4n) is 14.1. The van der Waals surface area contributed by atoms with Gasteiger partial charge in [0.25, 0.3) is 11.5 Å². The topological polar surface area (TPSA) is 310 Å². The molecule has 0 amide bonds. The number of nitrogens with two attached hydrogens (primary N) is 2. The van der Waals surface area contributed by atoms with E-state index in [1.165, 1.54) is 29.7 Å². The molecule has 0 aliphatic carbocycles. The summed E-state index contributed by atoms with van der Waals surface area (Å²) in [4.78, 5) is 81.0. The maximum absolute atomic E-state index is 14.0. The molecule has 12 rings (SSSR count). The molecule has 6 aliphatic heterocycles. The van der Waals surface area contributed by atoms with Gasteiger partial charge in [0.1, 0.15) is 48.1 Å². The highest BCUT2D eigenvalue weighted by atomic mass is 28.5. The van der Waals surface area contributed by atoms with E-state index in [4.69, 9.17) is 56.6 Å². The van der Waals surface area contributed by atoms with E-state index in [0.717, 1.165) is 0 Å². The van der Waals surface area contributed by atoms with Gasteiger partial charge in [0, 0.05) is 31.4 Å². The number of benzene rings is 1. The quantitative estimate of drug-likeness (QED) is 0.103. The highest BCUT2D eigenvalue weighted by Crippen LogP contribution is 2.53. The molecule has 6 fully saturated rings. The van der Waals surface area contributed by atoms with Crippen LogP contribution >= 0.6 is 0 Å². The van der Waals surface area contributed by atoms with E-state index in [9.17, 15) is 14.4 Å². The molecular formula is C60H94N14O13Si4. The number of fused-ring (bicyclic) bond motifs is 2. The number of likely N-dealkylation sites (N-methyl/N-ethyl adjacent to an activating group) is 2. The number of carbonyl (C=O) groups is 1. The summed E-state index contributed by atoms with van der Waals surface area (Å²) >= 11 is 0. The van der Waals surface area contributed by atoms with Crippen molar-refractivity contribution < 1.29 is 49.9 Å². The lowest BCUT2D eigenvalue weighted by Crippen LogP contribution is -2.63.